The first-order valence-corrected chi connectivity index (χ1v) is 9.15. The van der Waals surface area contributed by atoms with E-state index < -0.39 is 0 Å². The van der Waals surface area contributed by atoms with Gasteiger partial charge in [0, 0.05) is 18.7 Å². The van der Waals surface area contributed by atoms with Crippen molar-refractivity contribution in [3.63, 3.8) is 0 Å². The Balaban J connectivity index is 1.83. The molecular formula is C21H26N4O. The van der Waals surface area contributed by atoms with Crippen molar-refractivity contribution >= 4 is 17.5 Å². The molecule has 1 aromatic carbocycles. The van der Waals surface area contributed by atoms with E-state index in [1.54, 1.807) is 20.4 Å². The van der Waals surface area contributed by atoms with Crippen LogP contribution >= 0.6 is 0 Å². The molecular weight excluding hydrogens is 324 g/mol. The van der Waals surface area contributed by atoms with Crippen LogP contribution in [0.25, 0.3) is 0 Å². The summed E-state index contributed by atoms with van der Waals surface area (Å²) in [6.07, 6.45) is 6.75. The van der Waals surface area contributed by atoms with Crippen LogP contribution in [-0.2, 0) is 0 Å². The van der Waals surface area contributed by atoms with Gasteiger partial charge in [-0.2, -0.15) is 4.98 Å². The molecule has 1 aliphatic rings. The second-order valence-electron chi connectivity index (χ2n) is 6.80. The molecule has 2 N–H and O–H groups in total. The van der Waals surface area contributed by atoms with E-state index in [4.69, 9.17) is 4.74 Å². The zero-order valence-electron chi connectivity index (χ0n) is 15.7. The highest BCUT2D eigenvalue weighted by molar-refractivity contribution is 5.64. The van der Waals surface area contributed by atoms with Crippen molar-refractivity contribution < 1.29 is 4.74 Å². The largest absolute Gasteiger partial charge is 0.497 e. The summed E-state index contributed by atoms with van der Waals surface area (Å²) in [5.74, 6) is 10.1. The molecule has 0 amide bonds. The average Bonchev–Trinajstić information content (AvgIpc) is 2.67. The number of nitrogens with zero attached hydrogens (tertiary/aromatic N) is 2. The second-order valence-corrected chi connectivity index (χ2v) is 6.80. The maximum Gasteiger partial charge on any atom is 0.224 e. The maximum atomic E-state index is 5.21. The molecule has 0 aliphatic heterocycles. The van der Waals surface area contributed by atoms with Gasteiger partial charge in [0.1, 0.15) is 5.75 Å². The van der Waals surface area contributed by atoms with Crippen molar-refractivity contribution in [3.05, 3.63) is 36.0 Å². The van der Waals surface area contributed by atoms with Gasteiger partial charge in [-0.25, -0.2) is 4.98 Å². The van der Waals surface area contributed by atoms with Crippen LogP contribution in [0.3, 0.4) is 0 Å². The van der Waals surface area contributed by atoms with E-state index >= 15 is 0 Å². The highest BCUT2D eigenvalue weighted by atomic mass is 16.5. The Morgan fingerprint density at radius 1 is 1.19 bits per heavy atom. The van der Waals surface area contributed by atoms with Gasteiger partial charge in [0.25, 0.3) is 0 Å². The summed E-state index contributed by atoms with van der Waals surface area (Å²) < 4.78 is 5.21. The quantitative estimate of drug-likeness (QED) is 0.798. The van der Waals surface area contributed by atoms with Crippen molar-refractivity contribution in [2.24, 2.45) is 11.8 Å². The number of aromatic nitrogens is 2. The van der Waals surface area contributed by atoms with Crippen LogP contribution in [0.2, 0.25) is 0 Å². The molecule has 1 saturated carbocycles. The minimum absolute atomic E-state index is 0.469. The number of ether oxygens (including phenoxy) is 1. The predicted octanol–water partition coefficient (Wildman–Crippen LogP) is 4.45. The number of hydrogen-bond donors (Lipinski definition) is 2. The zero-order chi connectivity index (χ0) is 18.4. The Morgan fingerprint density at radius 2 is 2.00 bits per heavy atom. The topological polar surface area (TPSA) is 59.1 Å². The number of hydrogen-bond acceptors (Lipinski definition) is 5. The molecule has 136 valence electrons. The lowest BCUT2D eigenvalue weighted by Gasteiger charge is -2.22. The Kier molecular flexibility index (Phi) is 5.96. The van der Waals surface area contributed by atoms with Crippen LogP contribution in [0.15, 0.2) is 30.5 Å². The monoisotopic (exact) mass is 350 g/mol. The van der Waals surface area contributed by atoms with Gasteiger partial charge in [0.15, 0.2) is 5.82 Å². The number of methoxy groups -OCH3 is 1. The molecule has 1 fully saturated rings. The fraction of sp³-hybridized carbons (Fsp3) is 0.429. The van der Waals surface area contributed by atoms with Crippen molar-refractivity contribution in [1.29, 1.82) is 0 Å². The highest BCUT2D eigenvalue weighted by Crippen LogP contribution is 2.28. The fourth-order valence-electron chi connectivity index (χ4n) is 3.25. The minimum atomic E-state index is 0.469. The summed E-state index contributed by atoms with van der Waals surface area (Å²) in [6, 6.07) is 7.74. The SMILES string of the molecule is CNc1ncc(C#C[C@@H]2CCC[C@H](C)C2)c(Nc2ccc(OC)cc2)n1. The fourth-order valence-corrected chi connectivity index (χ4v) is 3.25. The van der Waals surface area contributed by atoms with E-state index in [1.165, 1.54) is 25.7 Å². The van der Waals surface area contributed by atoms with E-state index in [0.717, 1.165) is 22.9 Å². The summed E-state index contributed by atoms with van der Waals surface area (Å²) in [4.78, 5) is 8.86. The molecule has 1 heterocycles. The molecule has 3 rings (SSSR count). The molecule has 0 unspecified atom stereocenters. The summed E-state index contributed by atoms with van der Waals surface area (Å²) >= 11 is 0. The zero-order valence-corrected chi connectivity index (χ0v) is 15.7. The third-order valence-corrected chi connectivity index (χ3v) is 4.71. The van der Waals surface area contributed by atoms with Gasteiger partial charge < -0.3 is 15.4 Å². The summed E-state index contributed by atoms with van der Waals surface area (Å²) in [5, 5.41) is 6.33. The van der Waals surface area contributed by atoms with Crippen LogP contribution in [-0.4, -0.2) is 24.1 Å². The van der Waals surface area contributed by atoms with Crippen LogP contribution < -0.4 is 15.4 Å². The summed E-state index contributed by atoms with van der Waals surface area (Å²) in [5.41, 5.74) is 1.75. The van der Waals surface area contributed by atoms with Gasteiger partial charge in [-0.1, -0.05) is 31.6 Å². The highest BCUT2D eigenvalue weighted by Gasteiger charge is 2.16. The smallest absolute Gasteiger partial charge is 0.224 e. The van der Waals surface area contributed by atoms with E-state index in [0.29, 0.717) is 17.7 Å². The molecule has 5 heteroatoms. The Morgan fingerprint density at radius 3 is 2.69 bits per heavy atom. The van der Waals surface area contributed by atoms with Crippen LogP contribution in [0.1, 0.15) is 38.2 Å². The van der Waals surface area contributed by atoms with E-state index in [2.05, 4.69) is 39.4 Å². The lowest BCUT2D eigenvalue weighted by atomic mass is 9.83. The molecule has 26 heavy (non-hydrogen) atoms. The normalized spacial score (nSPS) is 19.2. The van der Waals surface area contributed by atoms with Crippen molar-refractivity contribution in [2.45, 2.75) is 32.6 Å². The van der Waals surface area contributed by atoms with Crippen LogP contribution in [0.5, 0.6) is 5.75 Å². The first-order chi connectivity index (χ1) is 12.7. The first-order valence-electron chi connectivity index (χ1n) is 9.15. The van der Waals surface area contributed by atoms with Crippen LogP contribution in [0, 0.1) is 23.7 Å². The average molecular weight is 350 g/mol. The summed E-state index contributed by atoms with van der Waals surface area (Å²) in [7, 11) is 3.47. The molecule has 5 nitrogen and oxygen atoms in total. The summed E-state index contributed by atoms with van der Waals surface area (Å²) in [6.45, 7) is 2.31. The van der Waals surface area contributed by atoms with Gasteiger partial charge in [-0.3, -0.25) is 0 Å². The Hall–Kier alpha value is -2.74. The van der Waals surface area contributed by atoms with Gasteiger partial charge >= 0.3 is 0 Å². The number of benzene rings is 1. The van der Waals surface area contributed by atoms with Crippen molar-refractivity contribution in [2.75, 3.05) is 24.8 Å². The molecule has 1 aromatic heterocycles. The standard InChI is InChI=1S/C21H26N4O/c1-15-5-4-6-16(13-15)7-8-17-14-23-21(22-2)25-20(17)24-18-9-11-19(26-3)12-10-18/h9-12,14-16H,4-6,13H2,1-3H3,(H2,22,23,24,25)/t15-,16-/m0/s1. The third kappa shape index (κ3) is 4.66. The van der Waals surface area contributed by atoms with Gasteiger partial charge in [0.05, 0.1) is 18.9 Å². The molecule has 0 saturated heterocycles. The van der Waals surface area contributed by atoms with Crippen molar-refractivity contribution in [3.8, 4) is 17.6 Å². The molecule has 0 radical (unpaired) electrons. The van der Waals surface area contributed by atoms with Gasteiger partial charge in [-0.05, 0) is 43.0 Å². The van der Waals surface area contributed by atoms with E-state index in [1.807, 2.05) is 24.3 Å². The van der Waals surface area contributed by atoms with Crippen LogP contribution in [0.4, 0.5) is 17.5 Å². The number of anilines is 3. The number of rotatable bonds is 4. The Labute approximate surface area is 155 Å². The van der Waals surface area contributed by atoms with E-state index in [9.17, 15) is 0 Å². The lowest BCUT2D eigenvalue weighted by molar-refractivity contribution is 0.333. The van der Waals surface area contributed by atoms with Crippen molar-refractivity contribution in [1.82, 2.24) is 9.97 Å². The first kappa shape index (κ1) is 18.1. The second kappa shape index (κ2) is 8.57. The number of nitrogens with one attached hydrogen (secondary N) is 2. The van der Waals surface area contributed by atoms with Gasteiger partial charge in [-0.15, -0.1) is 0 Å². The Bertz CT molecular complexity index is 792. The lowest BCUT2D eigenvalue weighted by Crippen LogP contribution is -2.11. The minimum Gasteiger partial charge on any atom is -0.497 e. The molecule has 0 bridgehead atoms. The predicted molar refractivity (Wildman–Crippen MR) is 106 cm³/mol. The van der Waals surface area contributed by atoms with Gasteiger partial charge in [0.2, 0.25) is 5.95 Å². The third-order valence-electron chi connectivity index (χ3n) is 4.71. The molecule has 2 atom stereocenters. The van der Waals surface area contributed by atoms with E-state index in [-0.39, 0.29) is 0 Å². The molecule has 2 aromatic rings. The molecule has 1 aliphatic carbocycles. The molecule has 0 spiro atoms. The maximum absolute atomic E-state index is 5.21.